The van der Waals surface area contributed by atoms with Crippen molar-refractivity contribution in [2.75, 3.05) is 17.7 Å². The number of hydrogen-bond acceptors (Lipinski definition) is 4. The standard InChI is InChI=1S/C22H24F3N5O/c1-26-17-6-3-2-5-16(17)21(31)28-15-11-9-14(10-12-15)27-19-7-4-8-20-29-18(13-30(19)20)22(23,24)25/h2-8,13-15,26-27H,9-12H2,1H3,(H,28,31). The number of benzene rings is 1. The van der Waals surface area contributed by atoms with E-state index in [2.05, 4.69) is 20.9 Å². The van der Waals surface area contributed by atoms with E-state index in [1.165, 1.54) is 4.40 Å². The van der Waals surface area contributed by atoms with Gasteiger partial charge in [-0.2, -0.15) is 13.2 Å². The van der Waals surface area contributed by atoms with Crippen LogP contribution in [0.1, 0.15) is 41.7 Å². The summed E-state index contributed by atoms with van der Waals surface area (Å²) in [5.74, 6) is 0.472. The van der Waals surface area contributed by atoms with Crippen LogP contribution in [0.5, 0.6) is 0 Å². The Morgan fingerprint density at radius 3 is 2.45 bits per heavy atom. The zero-order valence-electron chi connectivity index (χ0n) is 17.0. The minimum atomic E-state index is -4.48. The van der Waals surface area contributed by atoms with Crippen molar-refractivity contribution >= 4 is 23.1 Å². The Bertz CT molecular complexity index is 1070. The summed E-state index contributed by atoms with van der Waals surface area (Å²) in [4.78, 5) is 16.3. The summed E-state index contributed by atoms with van der Waals surface area (Å²) in [6, 6.07) is 12.5. The van der Waals surface area contributed by atoms with Crippen molar-refractivity contribution in [2.45, 2.75) is 43.9 Å². The van der Waals surface area contributed by atoms with Gasteiger partial charge in [0.05, 0.1) is 5.56 Å². The first kappa shape index (κ1) is 21.0. The Hall–Kier alpha value is -3.23. The molecule has 31 heavy (non-hydrogen) atoms. The predicted octanol–water partition coefficient (Wildman–Crippen LogP) is 4.55. The van der Waals surface area contributed by atoms with Gasteiger partial charge in [0.1, 0.15) is 11.5 Å². The number of rotatable bonds is 5. The molecule has 0 unspecified atom stereocenters. The molecule has 0 saturated heterocycles. The van der Waals surface area contributed by atoms with Gasteiger partial charge in [0.2, 0.25) is 0 Å². The van der Waals surface area contributed by atoms with Crippen molar-refractivity contribution in [3.8, 4) is 0 Å². The zero-order chi connectivity index (χ0) is 22.0. The lowest BCUT2D eigenvalue weighted by Crippen LogP contribution is -2.40. The van der Waals surface area contributed by atoms with E-state index in [9.17, 15) is 18.0 Å². The van der Waals surface area contributed by atoms with Gasteiger partial charge in [0.25, 0.3) is 5.91 Å². The number of nitrogens with zero attached hydrogens (tertiary/aromatic N) is 2. The van der Waals surface area contributed by atoms with E-state index < -0.39 is 11.9 Å². The van der Waals surface area contributed by atoms with Crippen LogP contribution in [0, 0.1) is 0 Å². The average molecular weight is 431 g/mol. The van der Waals surface area contributed by atoms with Gasteiger partial charge in [-0.25, -0.2) is 4.98 Å². The lowest BCUT2D eigenvalue weighted by Gasteiger charge is -2.30. The van der Waals surface area contributed by atoms with Crippen LogP contribution in [-0.2, 0) is 6.18 Å². The molecule has 3 aromatic rings. The number of imidazole rings is 1. The Kier molecular flexibility index (Phi) is 5.75. The second-order valence-corrected chi connectivity index (χ2v) is 7.73. The highest BCUT2D eigenvalue weighted by molar-refractivity contribution is 5.99. The molecule has 3 N–H and O–H groups in total. The van der Waals surface area contributed by atoms with Crippen molar-refractivity contribution in [3.05, 3.63) is 59.9 Å². The lowest BCUT2D eigenvalue weighted by molar-refractivity contribution is -0.140. The van der Waals surface area contributed by atoms with Crippen molar-refractivity contribution in [1.82, 2.24) is 14.7 Å². The number of anilines is 2. The molecule has 0 atom stereocenters. The molecule has 164 valence electrons. The third-order valence-corrected chi connectivity index (χ3v) is 5.64. The fourth-order valence-corrected chi connectivity index (χ4v) is 4.02. The van der Waals surface area contributed by atoms with E-state index in [1.54, 1.807) is 31.3 Å². The van der Waals surface area contributed by atoms with Crippen LogP contribution in [0.25, 0.3) is 5.65 Å². The number of alkyl halides is 3. The van der Waals surface area contributed by atoms with Crippen molar-refractivity contribution < 1.29 is 18.0 Å². The number of amides is 1. The molecule has 0 spiro atoms. The largest absolute Gasteiger partial charge is 0.434 e. The number of aromatic nitrogens is 2. The van der Waals surface area contributed by atoms with Gasteiger partial charge in [0.15, 0.2) is 5.69 Å². The Labute approximate surface area is 177 Å². The fourth-order valence-electron chi connectivity index (χ4n) is 4.02. The first-order valence-electron chi connectivity index (χ1n) is 10.2. The van der Waals surface area contributed by atoms with E-state index in [4.69, 9.17) is 0 Å². The highest BCUT2D eigenvalue weighted by atomic mass is 19.4. The highest BCUT2D eigenvalue weighted by Gasteiger charge is 2.34. The molecule has 1 aromatic carbocycles. The van der Waals surface area contributed by atoms with E-state index >= 15 is 0 Å². The van der Waals surface area contributed by atoms with Gasteiger partial charge in [-0.15, -0.1) is 0 Å². The summed E-state index contributed by atoms with van der Waals surface area (Å²) < 4.78 is 40.4. The maximum atomic E-state index is 13.0. The minimum Gasteiger partial charge on any atom is -0.387 e. The van der Waals surface area contributed by atoms with Gasteiger partial charge >= 0.3 is 6.18 Å². The molecule has 1 fully saturated rings. The number of nitrogens with one attached hydrogen (secondary N) is 3. The van der Waals surface area contributed by atoms with Crippen molar-refractivity contribution in [3.63, 3.8) is 0 Å². The molecule has 0 bridgehead atoms. The van der Waals surface area contributed by atoms with E-state index in [-0.39, 0.29) is 23.6 Å². The lowest BCUT2D eigenvalue weighted by atomic mass is 9.91. The molecule has 2 aromatic heterocycles. The van der Waals surface area contributed by atoms with Crippen LogP contribution in [0.15, 0.2) is 48.7 Å². The first-order chi connectivity index (χ1) is 14.8. The van der Waals surface area contributed by atoms with Crippen molar-refractivity contribution in [2.24, 2.45) is 0 Å². The number of fused-ring (bicyclic) bond motifs is 1. The topological polar surface area (TPSA) is 70.5 Å². The summed E-state index contributed by atoms with van der Waals surface area (Å²) in [5, 5.41) is 9.47. The normalized spacial score (nSPS) is 19.2. The number of carbonyl (C=O) groups excluding carboxylic acids is 1. The number of carbonyl (C=O) groups is 1. The number of para-hydroxylation sites is 1. The van der Waals surface area contributed by atoms with E-state index in [0.717, 1.165) is 37.6 Å². The highest BCUT2D eigenvalue weighted by Crippen LogP contribution is 2.30. The van der Waals surface area contributed by atoms with Crippen molar-refractivity contribution in [1.29, 1.82) is 0 Å². The van der Waals surface area contributed by atoms with Crippen LogP contribution in [0.3, 0.4) is 0 Å². The summed E-state index contributed by atoms with van der Waals surface area (Å²) in [6.07, 6.45) is -0.280. The average Bonchev–Trinajstić information content (AvgIpc) is 3.21. The molecule has 4 rings (SSSR count). The van der Waals surface area contributed by atoms with E-state index in [1.807, 2.05) is 18.2 Å². The third kappa shape index (κ3) is 4.60. The van der Waals surface area contributed by atoms with Gasteiger partial charge in [-0.1, -0.05) is 18.2 Å². The Balaban J connectivity index is 1.37. The minimum absolute atomic E-state index is 0.0660. The monoisotopic (exact) mass is 431 g/mol. The summed E-state index contributed by atoms with van der Waals surface area (Å²) in [6.45, 7) is 0. The molecular weight excluding hydrogens is 407 g/mol. The molecule has 6 nitrogen and oxygen atoms in total. The zero-order valence-corrected chi connectivity index (χ0v) is 17.0. The smallest absolute Gasteiger partial charge is 0.387 e. The molecule has 0 radical (unpaired) electrons. The maximum Gasteiger partial charge on any atom is 0.434 e. The van der Waals surface area contributed by atoms with Crippen LogP contribution >= 0.6 is 0 Å². The molecule has 1 amide bonds. The van der Waals surface area contributed by atoms with Gasteiger partial charge in [0, 0.05) is 31.0 Å². The number of pyridine rings is 1. The van der Waals surface area contributed by atoms with Crippen LogP contribution in [0.4, 0.5) is 24.7 Å². The SMILES string of the molecule is CNc1ccccc1C(=O)NC1CCC(Nc2cccc3nc(C(F)(F)F)cn23)CC1. The number of hydrogen-bond donors (Lipinski definition) is 3. The predicted molar refractivity (Wildman–Crippen MR) is 113 cm³/mol. The molecule has 1 aliphatic rings. The Morgan fingerprint density at radius 1 is 1.03 bits per heavy atom. The second-order valence-electron chi connectivity index (χ2n) is 7.73. The van der Waals surface area contributed by atoms with Gasteiger partial charge < -0.3 is 16.0 Å². The maximum absolute atomic E-state index is 13.0. The summed E-state index contributed by atoms with van der Waals surface area (Å²) in [7, 11) is 1.78. The van der Waals surface area contributed by atoms with Gasteiger partial charge in [-0.3, -0.25) is 9.20 Å². The third-order valence-electron chi connectivity index (χ3n) is 5.64. The first-order valence-corrected chi connectivity index (χ1v) is 10.2. The molecular formula is C22H24F3N5O. The molecule has 1 aliphatic carbocycles. The summed E-state index contributed by atoms with van der Waals surface area (Å²) in [5.41, 5.74) is 0.732. The second kappa shape index (κ2) is 8.49. The molecule has 2 heterocycles. The molecule has 0 aliphatic heterocycles. The van der Waals surface area contributed by atoms with Crippen LogP contribution < -0.4 is 16.0 Å². The molecule has 9 heteroatoms. The van der Waals surface area contributed by atoms with Crippen LogP contribution in [-0.4, -0.2) is 34.4 Å². The van der Waals surface area contributed by atoms with E-state index in [0.29, 0.717) is 11.4 Å². The summed E-state index contributed by atoms with van der Waals surface area (Å²) >= 11 is 0. The van der Waals surface area contributed by atoms with Crippen LogP contribution in [0.2, 0.25) is 0 Å². The van der Waals surface area contributed by atoms with Gasteiger partial charge in [-0.05, 0) is 49.9 Å². The number of halogens is 3. The quantitative estimate of drug-likeness (QED) is 0.555. The fraction of sp³-hybridized carbons (Fsp3) is 0.364. The molecule has 1 saturated carbocycles. The Morgan fingerprint density at radius 2 is 1.74 bits per heavy atom.